The maximum atomic E-state index is 5.71. The fourth-order valence-electron chi connectivity index (χ4n) is 1.62. The summed E-state index contributed by atoms with van der Waals surface area (Å²) in [6, 6.07) is 8.43. The maximum Gasteiger partial charge on any atom is 0.104 e. The quantitative estimate of drug-likeness (QED) is 0.672. The van der Waals surface area contributed by atoms with Gasteiger partial charge in [0.15, 0.2) is 0 Å². The maximum absolute atomic E-state index is 5.71. The van der Waals surface area contributed by atoms with E-state index in [1.165, 1.54) is 10.0 Å². The van der Waals surface area contributed by atoms with Crippen LogP contribution in [-0.2, 0) is 6.54 Å². The molecule has 1 N–H and O–H groups in total. The Labute approximate surface area is 118 Å². The average molecular weight is 327 g/mol. The van der Waals surface area contributed by atoms with Crippen molar-refractivity contribution in [3.8, 4) is 0 Å². The molecule has 92 valence electrons. The third-order valence-corrected chi connectivity index (χ3v) is 3.60. The number of rotatable bonds is 6. The summed E-state index contributed by atoms with van der Waals surface area (Å²) in [4.78, 5) is 1.59. The van der Waals surface area contributed by atoms with E-state index in [0.717, 1.165) is 31.9 Å². The number of nitrogens with one attached hydrogen (secondary N) is 1. The van der Waals surface area contributed by atoms with Gasteiger partial charge in [0.2, 0.25) is 0 Å². The molecule has 0 spiro atoms. The van der Waals surface area contributed by atoms with Crippen molar-refractivity contribution in [1.82, 2.24) is 0 Å². The number of hydrogen-bond donors (Lipinski definition) is 1. The van der Waals surface area contributed by atoms with Gasteiger partial charge in [-0.1, -0.05) is 34.1 Å². The number of hydrogen-bond acceptors (Lipinski definition) is 0. The summed E-state index contributed by atoms with van der Waals surface area (Å²) in [5.41, 5.74) is 1.38. The standard InChI is InChI=1S/C12H17BrClN.ClH/c1-2-15(9-5-8-14)10-11-6-3-4-7-12(11)13;/h3-4,6-7H,2,5,8-10H2,1H3;1H. The van der Waals surface area contributed by atoms with Crippen LogP contribution in [0.4, 0.5) is 0 Å². The highest BCUT2D eigenvalue weighted by molar-refractivity contribution is 9.10. The molecule has 1 unspecified atom stereocenters. The van der Waals surface area contributed by atoms with E-state index in [2.05, 4.69) is 47.1 Å². The molecule has 0 aliphatic heterocycles. The molecule has 0 saturated carbocycles. The summed E-state index contributed by atoms with van der Waals surface area (Å²) < 4.78 is 1.21. The van der Waals surface area contributed by atoms with Gasteiger partial charge >= 0.3 is 0 Å². The number of alkyl halides is 1. The van der Waals surface area contributed by atoms with Crippen molar-refractivity contribution in [2.24, 2.45) is 0 Å². The minimum atomic E-state index is 0. The van der Waals surface area contributed by atoms with Crippen molar-refractivity contribution in [3.63, 3.8) is 0 Å². The largest absolute Gasteiger partial charge is 1.00 e. The van der Waals surface area contributed by atoms with Crippen molar-refractivity contribution in [1.29, 1.82) is 0 Å². The molecule has 1 aromatic carbocycles. The van der Waals surface area contributed by atoms with Crippen LogP contribution in [0.2, 0.25) is 0 Å². The smallest absolute Gasteiger partial charge is 0.104 e. The van der Waals surface area contributed by atoms with E-state index in [1.54, 1.807) is 4.90 Å². The summed E-state index contributed by atoms with van der Waals surface area (Å²) in [5, 5.41) is 0. The molecule has 0 aliphatic carbocycles. The van der Waals surface area contributed by atoms with Gasteiger partial charge in [0, 0.05) is 22.3 Å². The van der Waals surface area contributed by atoms with Gasteiger partial charge in [-0.3, -0.25) is 0 Å². The monoisotopic (exact) mass is 325 g/mol. The van der Waals surface area contributed by atoms with Crippen LogP contribution in [0.25, 0.3) is 0 Å². The normalized spacial score (nSPS) is 11.9. The minimum absolute atomic E-state index is 0. The molecule has 1 nitrogen and oxygen atoms in total. The van der Waals surface area contributed by atoms with E-state index < -0.39 is 0 Å². The Morgan fingerprint density at radius 1 is 1.31 bits per heavy atom. The average Bonchev–Trinajstić information content (AvgIpc) is 2.26. The summed E-state index contributed by atoms with van der Waals surface area (Å²) in [7, 11) is 0. The molecule has 0 amide bonds. The molecule has 0 fully saturated rings. The third-order valence-electron chi connectivity index (χ3n) is 2.56. The zero-order valence-corrected chi connectivity index (χ0v) is 12.6. The molecule has 0 radical (unpaired) electrons. The summed E-state index contributed by atoms with van der Waals surface area (Å²) in [6.07, 6.45) is 1.09. The molecule has 0 heterocycles. The van der Waals surface area contributed by atoms with Crippen LogP contribution in [0.5, 0.6) is 0 Å². The molecule has 4 heteroatoms. The number of quaternary nitrogens is 1. The molecule has 0 aliphatic rings. The Morgan fingerprint density at radius 2 is 2.00 bits per heavy atom. The van der Waals surface area contributed by atoms with Gasteiger partial charge in [0.1, 0.15) is 6.54 Å². The number of benzene rings is 1. The zero-order chi connectivity index (χ0) is 11.1. The number of halogens is 3. The van der Waals surface area contributed by atoms with E-state index in [-0.39, 0.29) is 12.4 Å². The predicted molar refractivity (Wildman–Crippen MR) is 69.6 cm³/mol. The van der Waals surface area contributed by atoms with Gasteiger partial charge in [-0.15, -0.1) is 11.6 Å². The lowest BCUT2D eigenvalue weighted by Gasteiger charge is -2.17. The lowest BCUT2D eigenvalue weighted by atomic mass is 10.2. The molecule has 0 bridgehead atoms. The van der Waals surface area contributed by atoms with Crippen LogP contribution in [0, 0.1) is 0 Å². The van der Waals surface area contributed by atoms with Crippen LogP contribution in [0.3, 0.4) is 0 Å². The SMILES string of the molecule is CC[NH+](CCCCl)Cc1ccccc1Br.[Cl-]. The molecule has 1 atom stereocenters. The van der Waals surface area contributed by atoms with Crippen LogP contribution in [-0.4, -0.2) is 19.0 Å². The van der Waals surface area contributed by atoms with E-state index in [1.807, 2.05) is 0 Å². The van der Waals surface area contributed by atoms with Gasteiger partial charge in [-0.25, -0.2) is 0 Å². The lowest BCUT2D eigenvalue weighted by molar-refractivity contribution is -0.912. The molecular weight excluding hydrogens is 309 g/mol. The predicted octanol–water partition coefficient (Wildman–Crippen LogP) is -0.513. The van der Waals surface area contributed by atoms with Crippen LogP contribution in [0.15, 0.2) is 28.7 Å². The topological polar surface area (TPSA) is 4.44 Å². The summed E-state index contributed by atoms with van der Waals surface area (Å²) in [5.74, 6) is 0.763. The molecule has 0 saturated heterocycles. The van der Waals surface area contributed by atoms with Crippen molar-refractivity contribution in [2.75, 3.05) is 19.0 Å². The lowest BCUT2D eigenvalue weighted by Crippen LogP contribution is -3.10. The van der Waals surface area contributed by atoms with Crippen LogP contribution < -0.4 is 17.3 Å². The van der Waals surface area contributed by atoms with Crippen molar-refractivity contribution >= 4 is 27.5 Å². The fourth-order valence-corrected chi connectivity index (χ4v) is 2.18. The van der Waals surface area contributed by atoms with Gasteiger partial charge < -0.3 is 17.3 Å². The van der Waals surface area contributed by atoms with Gasteiger partial charge in [0.05, 0.1) is 13.1 Å². The van der Waals surface area contributed by atoms with Gasteiger partial charge in [-0.2, -0.15) is 0 Å². The Kier molecular flexibility index (Phi) is 9.43. The highest BCUT2D eigenvalue weighted by Crippen LogP contribution is 2.14. The van der Waals surface area contributed by atoms with Gasteiger partial charge in [-0.05, 0) is 13.0 Å². The first-order valence-electron chi connectivity index (χ1n) is 5.40. The Bertz CT molecular complexity index is 294. The Morgan fingerprint density at radius 3 is 2.56 bits per heavy atom. The van der Waals surface area contributed by atoms with Crippen molar-refractivity contribution in [3.05, 3.63) is 34.3 Å². The third kappa shape index (κ3) is 5.53. The van der Waals surface area contributed by atoms with Crippen molar-refractivity contribution < 1.29 is 17.3 Å². The highest BCUT2D eigenvalue weighted by Gasteiger charge is 2.08. The zero-order valence-electron chi connectivity index (χ0n) is 9.48. The summed E-state index contributed by atoms with van der Waals surface area (Å²) >= 11 is 9.30. The van der Waals surface area contributed by atoms with E-state index in [4.69, 9.17) is 11.6 Å². The first-order valence-corrected chi connectivity index (χ1v) is 6.73. The molecular formula is C12H18BrCl2N. The second-order valence-electron chi connectivity index (χ2n) is 3.66. The highest BCUT2D eigenvalue weighted by atomic mass is 79.9. The Hall–Kier alpha value is 0.240. The molecule has 0 aromatic heterocycles. The second-order valence-corrected chi connectivity index (χ2v) is 4.90. The van der Waals surface area contributed by atoms with Crippen LogP contribution >= 0.6 is 27.5 Å². The fraction of sp³-hybridized carbons (Fsp3) is 0.500. The second kappa shape index (κ2) is 9.29. The molecule has 16 heavy (non-hydrogen) atoms. The first-order chi connectivity index (χ1) is 7.27. The molecule has 1 rings (SSSR count). The van der Waals surface area contributed by atoms with E-state index >= 15 is 0 Å². The Balaban J connectivity index is 0.00000225. The molecule has 1 aromatic rings. The van der Waals surface area contributed by atoms with Crippen molar-refractivity contribution in [2.45, 2.75) is 19.9 Å². The summed E-state index contributed by atoms with van der Waals surface area (Å²) in [6.45, 7) is 5.61. The minimum Gasteiger partial charge on any atom is -1.00 e. The van der Waals surface area contributed by atoms with Gasteiger partial charge in [0.25, 0.3) is 0 Å². The first kappa shape index (κ1) is 16.2. The van der Waals surface area contributed by atoms with E-state index in [9.17, 15) is 0 Å². The van der Waals surface area contributed by atoms with E-state index in [0.29, 0.717) is 0 Å². The van der Waals surface area contributed by atoms with Crippen LogP contribution in [0.1, 0.15) is 18.9 Å².